The molecule has 0 saturated heterocycles. The van der Waals surface area contributed by atoms with Crippen molar-refractivity contribution >= 4 is 11.5 Å². The van der Waals surface area contributed by atoms with Crippen LogP contribution in [0.2, 0.25) is 0 Å². The summed E-state index contributed by atoms with van der Waals surface area (Å²) < 4.78 is 27.0. The van der Waals surface area contributed by atoms with Gasteiger partial charge in [0.15, 0.2) is 0 Å². The molecular weight excluding hydrogens is 250 g/mol. The van der Waals surface area contributed by atoms with E-state index in [-0.39, 0.29) is 11.3 Å². The molecule has 4 nitrogen and oxygen atoms in total. The van der Waals surface area contributed by atoms with Crippen LogP contribution < -0.4 is 10.6 Å². The van der Waals surface area contributed by atoms with Crippen LogP contribution in [0, 0.1) is 0 Å². The topological polar surface area (TPSA) is 44.0 Å². The summed E-state index contributed by atoms with van der Waals surface area (Å²) in [6, 6.07) is 5.39. The van der Waals surface area contributed by atoms with Gasteiger partial charge in [0, 0.05) is 24.1 Å². The maximum Gasteiger partial charge on any atom is 0.345 e. The number of rotatable bonds is 2. The molecule has 90 valence electrons. The minimum atomic E-state index is -2.61. The third-order valence-corrected chi connectivity index (χ3v) is 3.24. The molecule has 0 fully saturated rings. The van der Waals surface area contributed by atoms with Crippen molar-refractivity contribution in [3.8, 4) is 5.69 Å². The third kappa shape index (κ3) is 2.05. The Morgan fingerprint density at radius 1 is 1.29 bits per heavy atom. The molecule has 0 radical (unpaired) electrons. The van der Waals surface area contributed by atoms with Crippen LogP contribution in [0.1, 0.15) is 12.0 Å². The van der Waals surface area contributed by atoms with Gasteiger partial charge in [0.05, 0.1) is 5.69 Å². The lowest BCUT2D eigenvalue weighted by Gasteiger charge is -2.03. The van der Waals surface area contributed by atoms with E-state index in [9.17, 15) is 18.4 Å². The van der Waals surface area contributed by atoms with Gasteiger partial charge < -0.3 is 0 Å². The largest absolute Gasteiger partial charge is 0.345 e. The second-order valence-corrected chi connectivity index (χ2v) is 4.29. The molecule has 7 heteroatoms. The highest BCUT2D eigenvalue weighted by molar-refractivity contribution is 7.03. The van der Waals surface area contributed by atoms with E-state index >= 15 is 0 Å². The van der Waals surface area contributed by atoms with Crippen molar-refractivity contribution in [2.75, 3.05) is 0 Å². The summed E-state index contributed by atoms with van der Waals surface area (Å²) >= 11 is 0.681. The molecule has 17 heavy (non-hydrogen) atoms. The molecule has 0 unspecified atom stereocenters. The molecule has 0 amide bonds. The van der Waals surface area contributed by atoms with Gasteiger partial charge in [-0.1, -0.05) is 12.1 Å². The van der Waals surface area contributed by atoms with Gasteiger partial charge in [0.2, 0.25) is 0 Å². The minimum Gasteiger partial charge on any atom is -0.255 e. The van der Waals surface area contributed by atoms with Crippen molar-refractivity contribution in [3.63, 3.8) is 0 Å². The van der Waals surface area contributed by atoms with Gasteiger partial charge in [-0.15, -0.1) is 0 Å². The molecule has 1 heterocycles. The van der Waals surface area contributed by atoms with Crippen LogP contribution in [0.3, 0.4) is 0 Å². The first-order chi connectivity index (χ1) is 8.00. The highest BCUT2D eigenvalue weighted by Crippen LogP contribution is 2.20. The summed E-state index contributed by atoms with van der Waals surface area (Å²) in [5, 5.41) is 0. The van der Waals surface area contributed by atoms with E-state index < -0.39 is 17.0 Å². The zero-order valence-corrected chi connectivity index (χ0v) is 9.58. The van der Waals surface area contributed by atoms with E-state index in [2.05, 4.69) is 0 Å². The van der Waals surface area contributed by atoms with E-state index in [4.69, 9.17) is 0 Å². The Morgan fingerprint density at radius 2 is 2.00 bits per heavy atom. The van der Waals surface area contributed by atoms with Crippen molar-refractivity contribution in [2.45, 2.75) is 6.43 Å². The monoisotopic (exact) mass is 258 g/mol. The average molecular weight is 258 g/mol. The zero-order valence-electron chi connectivity index (χ0n) is 8.76. The van der Waals surface area contributed by atoms with E-state index in [0.717, 1.165) is 8.52 Å². The molecule has 0 atom stereocenters. The number of benzene rings is 1. The van der Waals surface area contributed by atoms with Crippen molar-refractivity contribution in [1.82, 2.24) is 8.52 Å². The highest BCUT2D eigenvalue weighted by atomic mass is 32.1. The molecule has 0 spiro atoms. The van der Waals surface area contributed by atoms with Gasteiger partial charge in [-0.25, -0.2) is 17.5 Å². The summed E-state index contributed by atoms with van der Waals surface area (Å²) in [6.45, 7) is 0. The van der Waals surface area contributed by atoms with Crippen LogP contribution in [0.5, 0.6) is 0 Å². The number of hydrogen-bond acceptors (Lipinski definition) is 3. The maximum atomic E-state index is 12.5. The second-order valence-electron chi connectivity index (χ2n) is 3.39. The van der Waals surface area contributed by atoms with E-state index in [1.807, 2.05) is 0 Å². The number of alkyl halides is 2. The van der Waals surface area contributed by atoms with Gasteiger partial charge in [0.25, 0.3) is 6.43 Å². The smallest absolute Gasteiger partial charge is 0.255 e. The lowest BCUT2D eigenvalue weighted by Crippen LogP contribution is -2.25. The standard InChI is InChI=1S/C10H8F2N2O2S/c1-13-9(15)14(17-10(13)16)7-4-2-3-6(5-7)8(11)12/h2-5,8H,1H3. The Labute approximate surface area is 98.5 Å². The fraction of sp³-hybridized carbons (Fsp3) is 0.200. The Hall–Kier alpha value is -1.76. The molecule has 0 aliphatic carbocycles. The van der Waals surface area contributed by atoms with Crippen LogP contribution in [-0.4, -0.2) is 8.52 Å². The summed E-state index contributed by atoms with van der Waals surface area (Å²) in [4.78, 5) is 22.5. The van der Waals surface area contributed by atoms with Crippen molar-refractivity contribution in [2.24, 2.45) is 7.05 Å². The maximum absolute atomic E-state index is 12.5. The molecule has 2 rings (SSSR count). The lowest BCUT2D eigenvalue weighted by atomic mass is 10.2. The Morgan fingerprint density at radius 3 is 2.53 bits per heavy atom. The number of halogens is 2. The van der Waals surface area contributed by atoms with Crippen LogP contribution in [0.15, 0.2) is 33.9 Å². The molecule has 0 N–H and O–H groups in total. The van der Waals surface area contributed by atoms with Gasteiger partial charge in [0.1, 0.15) is 0 Å². The summed E-state index contributed by atoms with van der Waals surface area (Å²) in [5.41, 5.74) is -0.445. The number of nitrogens with zero attached hydrogens (tertiary/aromatic N) is 2. The van der Waals surface area contributed by atoms with Gasteiger partial charge in [-0.05, 0) is 12.1 Å². The molecule has 1 aromatic carbocycles. The van der Waals surface area contributed by atoms with Crippen molar-refractivity contribution < 1.29 is 8.78 Å². The summed E-state index contributed by atoms with van der Waals surface area (Å²) in [7, 11) is 1.34. The molecule has 1 aromatic heterocycles. The summed E-state index contributed by atoms with van der Waals surface area (Å²) in [6.07, 6.45) is -2.61. The lowest BCUT2D eigenvalue weighted by molar-refractivity contribution is 0.151. The molecule has 0 saturated carbocycles. The predicted octanol–water partition coefficient (Wildman–Crippen LogP) is 1.54. The number of aromatic nitrogens is 2. The highest BCUT2D eigenvalue weighted by Gasteiger charge is 2.11. The Balaban J connectivity index is 2.61. The van der Waals surface area contributed by atoms with Gasteiger partial charge in [-0.2, -0.15) is 0 Å². The average Bonchev–Trinajstić information content (AvgIpc) is 2.57. The van der Waals surface area contributed by atoms with Gasteiger partial charge >= 0.3 is 10.6 Å². The predicted molar refractivity (Wildman–Crippen MR) is 60.1 cm³/mol. The minimum absolute atomic E-state index is 0.182. The molecular formula is C10H8F2N2O2S. The first-order valence-corrected chi connectivity index (χ1v) is 5.46. The Bertz CT molecular complexity index is 657. The number of hydrogen-bond donors (Lipinski definition) is 0. The fourth-order valence-corrected chi connectivity index (χ4v) is 2.12. The second kappa shape index (κ2) is 4.25. The van der Waals surface area contributed by atoms with E-state index in [1.165, 1.54) is 31.3 Å². The quantitative estimate of drug-likeness (QED) is 0.820. The van der Waals surface area contributed by atoms with Crippen molar-refractivity contribution in [1.29, 1.82) is 0 Å². The normalized spacial score (nSPS) is 11.1. The van der Waals surface area contributed by atoms with Crippen LogP contribution in [-0.2, 0) is 7.05 Å². The third-order valence-electron chi connectivity index (χ3n) is 2.26. The van der Waals surface area contributed by atoms with Crippen LogP contribution in [0.4, 0.5) is 8.78 Å². The fourth-order valence-electron chi connectivity index (χ4n) is 1.34. The van der Waals surface area contributed by atoms with Crippen molar-refractivity contribution in [3.05, 3.63) is 50.0 Å². The van der Waals surface area contributed by atoms with E-state index in [1.54, 1.807) is 0 Å². The Kier molecular flexibility index (Phi) is 2.93. The first-order valence-electron chi connectivity index (χ1n) is 4.68. The summed E-state index contributed by atoms with van der Waals surface area (Å²) in [5.74, 6) is 0. The molecule has 0 bridgehead atoms. The van der Waals surface area contributed by atoms with E-state index in [0.29, 0.717) is 11.5 Å². The first kappa shape index (κ1) is 11.7. The SMILES string of the molecule is Cn1c(=O)sn(-c2cccc(C(F)F)c2)c1=O. The molecule has 2 aromatic rings. The molecule has 0 aliphatic heterocycles. The van der Waals surface area contributed by atoms with Crippen LogP contribution in [0.25, 0.3) is 5.69 Å². The van der Waals surface area contributed by atoms with Crippen LogP contribution >= 0.6 is 11.5 Å². The zero-order chi connectivity index (χ0) is 12.6. The van der Waals surface area contributed by atoms with Gasteiger partial charge in [-0.3, -0.25) is 9.36 Å². The molecule has 0 aliphatic rings.